The highest BCUT2D eigenvalue weighted by atomic mass is 16.6. The molecule has 0 heterocycles. The number of amides is 1. The number of hydrogen-bond acceptors (Lipinski definition) is 4. The lowest BCUT2D eigenvalue weighted by atomic mass is 9.92. The molecule has 1 saturated carbocycles. The molecule has 0 bridgehead atoms. The SMILES string of the molecule is CNCCCCO[C@H]1CC[C@H](N(C)C(=O)OC(C)(C)C)CC1. The molecule has 5 heteroatoms. The number of nitrogens with one attached hydrogen (secondary N) is 1. The molecule has 0 aliphatic heterocycles. The van der Waals surface area contributed by atoms with Crippen molar-refractivity contribution in [1.82, 2.24) is 10.2 Å². The predicted molar refractivity (Wildman–Crippen MR) is 89.2 cm³/mol. The number of carbonyl (C=O) groups is 1. The largest absolute Gasteiger partial charge is 0.444 e. The molecule has 0 aromatic rings. The van der Waals surface area contributed by atoms with Gasteiger partial charge in [-0.15, -0.1) is 0 Å². The van der Waals surface area contributed by atoms with Crippen LogP contribution in [0.1, 0.15) is 59.3 Å². The van der Waals surface area contributed by atoms with Gasteiger partial charge in [0.2, 0.25) is 0 Å². The molecule has 22 heavy (non-hydrogen) atoms. The van der Waals surface area contributed by atoms with Crippen LogP contribution in [0.25, 0.3) is 0 Å². The van der Waals surface area contributed by atoms with Crippen LogP contribution in [-0.4, -0.2) is 56.0 Å². The molecule has 1 aliphatic rings. The third-order valence-corrected chi connectivity index (χ3v) is 4.05. The zero-order chi connectivity index (χ0) is 16.6. The Bertz CT molecular complexity index is 320. The van der Waals surface area contributed by atoms with Crippen molar-refractivity contribution in [2.45, 2.75) is 77.0 Å². The summed E-state index contributed by atoms with van der Waals surface area (Å²) >= 11 is 0. The maximum atomic E-state index is 12.1. The average Bonchev–Trinajstić information content (AvgIpc) is 2.45. The number of ether oxygens (including phenoxy) is 2. The fraction of sp³-hybridized carbons (Fsp3) is 0.941. The highest BCUT2D eigenvalue weighted by Crippen LogP contribution is 2.25. The monoisotopic (exact) mass is 314 g/mol. The fourth-order valence-electron chi connectivity index (χ4n) is 2.74. The van der Waals surface area contributed by atoms with Gasteiger partial charge in [-0.1, -0.05) is 0 Å². The van der Waals surface area contributed by atoms with Crippen molar-refractivity contribution in [2.75, 3.05) is 27.2 Å². The summed E-state index contributed by atoms with van der Waals surface area (Å²) in [5.74, 6) is 0. The van der Waals surface area contributed by atoms with Gasteiger partial charge in [0, 0.05) is 19.7 Å². The zero-order valence-corrected chi connectivity index (χ0v) is 15.0. The standard InChI is InChI=1S/C17H34N2O3/c1-17(2,3)22-16(20)19(5)14-8-10-15(11-9-14)21-13-7-6-12-18-4/h14-15,18H,6-13H2,1-5H3/t14-,15-. The van der Waals surface area contributed by atoms with Crippen LogP contribution in [0.4, 0.5) is 4.79 Å². The summed E-state index contributed by atoms with van der Waals surface area (Å²) in [5.41, 5.74) is -0.432. The quantitative estimate of drug-likeness (QED) is 0.733. The van der Waals surface area contributed by atoms with Gasteiger partial charge < -0.3 is 19.7 Å². The van der Waals surface area contributed by atoms with E-state index < -0.39 is 5.60 Å². The van der Waals surface area contributed by atoms with E-state index in [-0.39, 0.29) is 12.1 Å². The van der Waals surface area contributed by atoms with Gasteiger partial charge in [0.15, 0.2) is 0 Å². The Balaban J connectivity index is 2.22. The Morgan fingerprint density at radius 3 is 2.36 bits per heavy atom. The normalized spacial score (nSPS) is 22.4. The molecule has 1 amide bonds. The van der Waals surface area contributed by atoms with Crippen molar-refractivity contribution in [3.8, 4) is 0 Å². The minimum atomic E-state index is -0.432. The first kappa shape index (κ1) is 19.2. The molecule has 5 nitrogen and oxygen atoms in total. The van der Waals surface area contributed by atoms with Gasteiger partial charge in [-0.2, -0.15) is 0 Å². The second kappa shape index (κ2) is 9.36. The van der Waals surface area contributed by atoms with E-state index in [1.807, 2.05) is 34.9 Å². The summed E-state index contributed by atoms with van der Waals surface area (Å²) in [6.45, 7) is 7.60. The molecular formula is C17H34N2O3. The first-order valence-corrected chi connectivity index (χ1v) is 8.55. The van der Waals surface area contributed by atoms with Crippen LogP contribution in [0.2, 0.25) is 0 Å². The van der Waals surface area contributed by atoms with E-state index in [0.29, 0.717) is 6.10 Å². The molecule has 0 spiro atoms. The van der Waals surface area contributed by atoms with Crippen molar-refractivity contribution in [2.24, 2.45) is 0 Å². The highest BCUT2D eigenvalue weighted by Gasteiger charge is 2.29. The van der Waals surface area contributed by atoms with Crippen LogP contribution in [0.15, 0.2) is 0 Å². The van der Waals surface area contributed by atoms with E-state index >= 15 is 0 Å². The summed E-state index contributed by atoms with van der Waals surface area (Å²) in [6, 6.07) is 0.277. The first-order chi connectivity index (χ1) is 10.3. The van der Waals surface area contributed by atoms with E-state index in [2.05, 4.69) is 5.32 Å². The molecule has 1 rings (SSSR count). The minimum absolute atomic E-state index is 0.219. The second-order valence-corrected chi connectivity index (χ2v) is 7.20. The van der Waals surface area contributed by atoms with Crippen LogP contribution >= 0.6 is 0 Å². The maximum absolute atomic E-state index is 12.1. The number of carbonyl (C=O) groups excluding carboxylic acids is 1. The van der Waals surface area contributed by atoms with E-state index in [1.165, 1.54) is 0 Å². The molecule has 0 saturated heterocycles. The Morgan fingerprint density at radius 1 is 1.18 bits per heavy atom. The number of nitrogens with zero attached hydrogens (tertiary/aromatic N) is 1. The van der Waals surface area contributed by atoms with E-state index in [0.717, 1.165) is 51.7 Å². The van der Waals surface area contributed by atoms with Crippen molar-refractivity contribution in [1.29, 1.82) is 0 Å². The number of unbranched alkanes of at least 4 members (excludes halogenated alkanes) is 1. The van der Waals surface area contributed by atoms with Gasteiger partial charge in [-0.3, -0.25) is 0 Å². The van der Waals surface area contributed by atoms with Crippen LogP contribution in [0.5, 0.6) is 0 Å². The van der Waals surface area contributed by atoms with Crippen LogP contribution in [0.3, 0.4) is 0 Å². The maximum Gasteiger partial charge on any atom is 0.410 e. The Morgan fingerprint density at radius 2 is 1.82 bits per heavy atom. The van der Waals surface area contributed by atoms with Crippen molar-refractivity contribution >= 4 is 6.09 Å². The fourth-order valence-corrected chi connectivity index (χ4v) is 2.74. The third-order valence-electron chi connectivity index (χ3n) is 4.05. The average molecular weight is 314 g/mol. The van der Waals surface area contributed by atoms with Crippen molar-refractivity contribution in [3.63, 3.8) is 0 Å². The topological polar surface area (TPSA) is 50.8 Å². The smallest absolute Gasteiger partial charge is 0.410 e. The van der Waals surface area contributed by atoms with Gasteiger partial charge in [0.25, 0.3) is 0 Å². The van der Waals surface area contributed by atoms with Gasteiger partial charge in [-0.25, -0.2) is 4.79 Å². The molecule has 0 aromatic heterocycles. The van der Waals surface area contributed by atoms with Crippen LogP contribution in [0, 0.1) is 0 Å². The lowest BCUT2D eigenvalue weighted by Gasteiger charge is -2.35. The summed E-state index contributed by atoms with van der Waals surface area (Å²) in [5, 5.41) is 3.15. The minimum Gasteiger partial charge on any atom is -0.444 e. The van der Waals surface area contributed by atoms with Gasteiger partial charge >= 0.3 is 6.09 Å². The summed E-state index contributed by atoms with van der Waals surface area (Å²) in [7, 11) is 3.82. The summed E-state index contributed by atoms with van der Waals surface area (Å²) in [4.78, 5) is 13.8. The summed E-state index contributed by atoms with van der Waals surface area (Å²) < 4.78 is 11.4. The zero-order valence-electron chi connectivity index (χ0n) is 15.0. The van der Waals surface area contributed by atoms with Crippen molar-refractivity contribution < 1.29 is 14.3 Å². The highest BCUT2D eigenvalue weighted by molar-refractivity contribution is 5.68. The molecule has 0 aromatic carbocycles. The Kier molecular flexibility index (Phi) is 8.18. The van der Waals surface area contributed by atoms with Gasteiger partial charge in [0.1, 0.15) is 5.60 Å². The lowest BCUT2D eigenvalue weighted by molar-refractivity contribution is -0.00570. The Labute approximate surface area is 135 Å². The lowest BCUT2D eigenvalue weighted by Crippen LogP contribution is -2.43. The van der Waals surface area contributed by atoms with Gasteiger partial charge in [0.05, 0.1) is 6.10 Å². The van der Waals surface area contributed by atoms with Crippen molar-refractivity contribution in [3.05, 3.63) is 0 Å². The number of hydrogen-bond donors (Lipinski definition) is 1. The molecule has 1 fully saturated rings. The van der Waals surface area contributed by atoms with E-state index in [9.17, 15) is 4.79 Å². The van der Waals surface area contributed by atoms with Gasteiger partial charge in [-0.05, 0) is 72.9 Å². The molecular weight excluding hydrogens is 280 g/mol. The summed E-state index contributed by atoms with van der Waals surface area (Å²) in [6.07, 6.45) is 6.47. The second-order valence-electron chi connectivity index (χ2n) is 7.20. The molecule has 130 valence electrons. The predicted octanol–water partition coefficient (Wildman–Crippen LogP) is 3.18. The van der Waals surface area contributed by atoms with E-state index in [4.69, 9.17) is 9.47 Å². The van der Waals surface area contributed by atoms with Crippen LogP contribution < -0.4 is 5.32 Å². The van der Waals surface area contributed by atoms with Crippen LogP contribution in [-0.2, 0) is 9.47 Å². The van der Waals surface area contributed by atoms with E-state index in [1.54, 1.807) is 4.90 Å². The Hall–Kier alpha value is -0.810. The number of rotatable bonds is 7. The molecule has 1 aliphatic carbocycles. The first-order valence-electron chi connectivity index (χ1n) is 8.55. The molecule has 1 N–H and O–H groups in total. The molecule has 0 unspecified atom stereocenters. The third kappa shape index (κ3) is 7.45. The molecule has 0 atom stereocenters. The molecule has 0 radical (unpaired) electrons.